The highest BCUT2D eigenvalue weighted by atomic mass is 32.2. The molecule has 7 heteroatoms. The summed E-state index contributed by atoms with van der Waals surface area (Å²) in [6.45, 7) is 7.26. The quantitative estimate of drug-likeness (QED) is 0.500. The average Bonchev–Trinajstić information content (AvgIpc) is 2.71. The maximum atomic E-state index is 12.3. The van der Waals surface area contributed by atoms with Gasteiger partial charge in [0.15, 0.2) is 0 Å². The highest BCUT2D eigenvalue weighted by molar-refractivity contribution is 7.92. The number of carbonyl (C=O) groups is 1. The van der Waals surface area contributed by atoms with Gasteiger partial charge in [-0.1, -0.05) is 30.3 Å². The summed E-state index contributed by atoms with van der Waals surface area (Å²) in [5.74, 6) is 0.830. The van der Waals surface area contributed by atoms with Crippen LogP contribution in [0, 0.1) is 13.8 Å². The Morgan fingerprint density at radius 3 is 2.55 bits per heavy atom. The highest BCUT2D eigenvalue weighted by Crippen LogP contribution is 2.24. The molecule has 0 heterocycles. The van der Waals surface area contributed by atoms with E-state index in [0.29, 0.717) is 25.3 Å². The number of anilines is 1. The Balaban J connectivity index is 1.80. The third-order valence-corrected chi connectivity index (χ3v) is 6.20. The number of nitrogens with one attached hydrogen (secondary N) is 1. The fourth-order valence-corrected chi connectivity index (χ4v) is 4.45. The molecule has 2 rings (SSSR count). The van der Waals surface area contributed by atoms with Gasteiger partial charge < -0.3 is 10.1 Å². The number of hydrogen-bond donors (Lipinski definition) is 1. The van der Waals surface area contributed by atoms with Crippen molar-refractivity contribution in [1.29, 1.82) is 0 Å². The first-order valence-electron chi connectivity index (χ1n) is 10.7. The molecule has 0 saturated carbocycles. The molecular weight excluding hydrogens is 412 g/mol. The van der Waals surface area contributed by atoms with Crippen LogP contribution in [-0.4, -0.2) is 40.3 Å². The van der Waals surface area contributed by atoms with Crippen molar-refractivity contribution in [3.63, 3.8) is 0 Å². The van der Waals surface area contributed by atoms with E-state index in [0.717, 1.165) is 35.3 Å². The smallest absolute Gasteiger partial charge is 0.232 e. The summed E-state index contributed by atoms with van der Waals surface area (Å²) in [5, 5.41) is 2.93. The summed E-state index contributed by atoms with van der Waals surface area (Å²) in [6, 6.07) is 13.7. The fraction of sp³-hybridized carbons (Fsp3) is 0.458. The van der Waals surface area contributed by atoms with Crippen molar-refractivity contribution in [2.24, 2.45) is 0 Å². The van der Waals surface area contributed by atoms with Crippen molar-refractivity contribution < 1.29 is 17.9 Å². The van der Waals surface area contributed by atoms with Gasteiger partial charge in [-0.05, 0) is 68.9 Å². The molecule has 0 aliphatic rings. The largest absolute Gasteiger partial charge is 0.494 e. The van der Waals surface area contributed by atoms with Crippen molar-refractivity contribution in [1.82, 2.24) is 5.32 Å². The van der Waals surface area contributed by atoms with Crippen LogP contribution >= 0.6 is 0 Å². The van der Waals surface area contributed by atoms with Crippen LogP contribution in [0.2, 0.25) is 0 Å². The SMILES string of the molecule is CCOc1ccccc1CCCNC(=O)CCCN(c1cc(C)ccc1C)S(C)(=O)=O. The zero-order valence-electron chi connectivity index (χ0n) is 19.0. The molecule has 2 aromatic carbocycles. The van der Waals surface area contributed by atoms with Gasteiger partial charge in [-0.15, -0.1) is 0 Å². The second-order valence-electron chi connectivity index (χ2n) is 7.72. The Morgan fingerprint density at radius 2 is 1.84 bits per heavy atom. The molecule has 1 amide bonds. The molecule has 0 bridgehead atoms. The van der Waals surface area contributed by atoms with E-state index in [1.165, 1.54) is 10.6 Å². The van der Waals surface area contributed by atoms with Gasteiger partial charge in [-0.25, -0.2) is 8.42 Å². The molecule has 31 heavy (non-hydrogen) atoms. The van der Waals surface area contributed by atoms with Crippen LogP contribution in [0.5, 0.6) is 5.75 Å². The van der Waals surface area contributed by atoms with Gasteiger partial charge in [0.25, 0.3) is 0 Å². The maximum absolute atomic E-state index is 12.3. The topological polar surface area (TPSA) is 75.7 Å². The van der Waals surface area contributed by atoms with E-state index in [1.807, 2.05) is 63.2 Å². The van der Waals surface area contributed by atoms with Gasteiger partial charge in [0, 0.05) is 19.5 Å². The van der Waals surface area contributed by atoms with E-state index in [9.17, 15) is 13.2 Å². The van der Waals surface area contributed by atoms with Crippen molar-refractivity contribution in [3.8, 4) is 5.75 Å². The first-order valence-corrected chi connectivity index (χ1v) is 12.6. The van der Waals surface area contributed by atoms with Crippen LogP contribution in [0.3, 0.4) is 0 Å². The minimum Gasteiger partial charge on any atom is -0.494 e. The van der Waals surface area contributed by atoms with Crippen LogP contribution in [0.25, 0.3) is 0 Å². The van der Waals surface area contributed by atoms with E-state index in [4.69, 9.17) is 4.74 Å². The van der Waals surface area contributed by atoms with Gasteiger partial charge in [0.05, 0.1) is 18.6 Å². The molecule has 0 aliphatic carbocycles. The summed E-state index contributed by atoms with van der Waals surface area (Å²) in [5.41, 5.74) is 3.71. The molecular formula is C24H34N2O4S. The van der Waals surface area contributed by atoms with E-state index in [2.05, 4.69) is 5.32 Å². The number of para-hydroxylation sites is 1. The lowest BCUT2D eigenvalue weighted by molar-refractivity contribution is -0.121. The molecule has 0 spiro atoms. The lowest BCUT2D eigenvalue weighted by Gasteiger charge is -2.24. The second-order valence-corrected chi connectivity index (χ2v) is 9.63. The zero-order chi connectivity index (χ0) is 22.9. The van der Waals surface area contributed by atoms with Crippen molar-refractivity contribution in [3.05, 3.63) is 59.2 Å². The Hall–Kier alpha value is -2.54. The number of sulfonamides is 1. The first-order chi connectivity index (χ1) is 14.7. The third kappa shape index (κ3) is 7.90. The molecule has 2 aromatic rings. The number of nitrogens with zero attached hydrogens (tertiary/aromatic N) is 1. The number of amides is 1. The van der Waals surface area contributed by atoms with E-state index in [-0.39, 0.29) is 18.9 Å². The molecule has 6 nitrogen and oxygen atoms in total. The average molecular weight is 447 g/mol. The fourth-order valence-electron chi connectivity index (χ4n) is 3.44. The monoisotopic (exact) mass is 446 g/mol. The normalized spacial score (nSPS) is 11.2. The first kappa shape index (κ1) is 24.7. The summed E-state index contributed by atoms with van der Waals surface area (Å²) in [7, 11) is -3.43. The van der Waals surface area contributed by atoms with Gasteiger partial charge in [-0.3, -0.25) is 9.10 Å². The van der Waals surface area contributed by atoms with Crippen LogP contribution in [-0.2, 0) is 21.2 Å². The number of rotatable bonds is 12. The molecule has 0 aliphatic heterocycles. The van der Waals surface area contributed by atoms with Crippen LogP contribution in [0.4, 0.5) is 5.69 Å². The highest BCUT2D eigenvalue weighted by Gasteiger charge is 2.19. The number of hydrogen-bond acceptors (Lipinski definition) is 4. The summed E-state index contributed by atoms with van der Waals surface area (Å²) >= 11 is 0. The molecule has 0 atom stereocenters. The lowest BCUT2D eigenvalue weighted by atomic mass is 10.1. The van der Waals surface area contributed by atoms with E-state index in [1.54, 1.807) is 0 Å². The molecule has 0 fully saturated rings. The maximum Gasteiger partial charge on any atom is 0.232 e. The summed E-state index contributed by atoms with van der Waals surface area (Å²) in [4.78, 5) is 12.2. The Labute approximate surface area is 186 Å². The van der Waals surface area contributed by atoms with Crippen molar-refractivity contribution in [2.45, 2.75) is 46.5 Å². The standard InChI is InChI=1S/C24H34N2O4S/c1-5-30-23-12-7-6-10-21(23)11-8-16-25-24(27)13-9-17-26(31(4,28)29)22-18-19(2)14-15-20(22)3/h6-7,10,12,14-15,18H,5,8-9,11,13,16-17H2,1-4H3,(H,25,27). The zero-order valence-corrected chi connectivity index (χ0v) is 19.8. The molecule has 0 aromatic heterocycles. The molecule has 170 valence electrons. The lowest BCUT2D eigenvalue weighted by Crippen LogP contribution is -2.33. The molecule has 0 unspecified atom stereocenters. The van der Waals surface area contributed by atoms with Crippen LogP contribution < -0.4 is 14.4 Å². The third-order valence-electron chi connectivity index (χ3n) is 5.02. The van der Waals surface area contributed by atoms with Crippen LogP contribution in [0.1, 0.15) is 42.9 Å². The Morgan fingerprint density at radius 1 is 1.10 bits per heavy atom. The van der Waals surface area contributed by atoms with Crippen molar-refractivity contribution in [2.75, 3.05) is 30.3 Å². The second kappa shape index (κ2) is 11.7. The van der Waals surface area contributed by atoms with E-state index >= 15 is 0 Å². The Kier molecular flexibility index (Phi) is 9.37. The molecule has 0 radical (unpaired) electrons. The van der Waals surface area contributed by atoms with Gasteiger partial charge in [-0.2, -0.15) is 0 Å². The number of ether oxygens (including phenoxy) is 1. The molecule has 1 N–H and O–H groups in total. The summed E-state index contributed by atoms with van der Waals surface area (Å²) < 4.78 is 31.6. The van der Waals surface area contributed by atoms with Crippen molar-refractivity contribution >= 4 is 21.6 Å². The van der Waals surface area contributed by atoms with Crippen LogP contribution in [0.15, 0.2) is 42.5 Å². The summed E-state index contributed by atoms with van der Waals surface area (Å²) in [6.07, 6.45) is 3.58. The predicted octanol–water partition coefficient (Wildman–Crippen LogP) is 4.00. The minimum absolute atomic E-state index is 0.0625. The minimum atomic E-state index is -3.43. The van der Waals surface area contributed by atoms with Gasteiger partial charge >= 0.3 is 0 Å². The predicted molar refractivity (Wildman–Crippen MR) is 126 cm³/mol. The number of aryl methyl sites for hydroxylation is 3. The number of benzene rings is 2. The van der Waals surface area contributed by atoms with E-state index < -0.39 is 10.0 Å². The van der Waals surface area contributed by atoms with Gasteiger partial charge in [0.1, 0.15) is 5.75 Å². The molecule has 0 saturated heterocycles. The Bertz CT molecular complexity index is 973. The van der Waals surface area contributed by atoms with Gasteiger partial charge in [0.2, 0.25) is 15.9 Å². The number of carbonyl (C=O) groups excluding carboxylic acids is 1.